The van der Waals surface area contributed by atoms with Gasteiger partial charge in [0.05, 0.1) is 0 Å². The van der Waals surface area contributed by atoms with Crippen LogP contribution < -0.4 is 5.32 Å². The van der Waals surface area contributed by atoms with Crippen molar-refractivity contribution in [2.24, 2.45) is 0 Å². The van der Waals surface area contributed by atoms with Crippen LogP contribution in [0.1, 0.15) is 37.0 Å². The van der Waals surface area contributed by atoms with E-state index in [9.17, 15) is 4.79 Å². The zero-order chi connectivity index (χ0) is 10.4. The molecule has 0 aliphatic heterocycles. The average molecular weight is 191 g/mol. The van der Waals surface area contributed by atoms with Crippen LogP contribution in [0.4, 0.5) is 0 Å². The molecule has 1 unspecified atom stereocenters. The number of hydrogen-bond donors (Lipinski definition) is 1. The average Bonchev–Trinajstić information content (AvgIpc) is 2.19. The quantitative estimate of drug-likeness (QED) is 0.778. The summed E-state index contributed by atoms with van der Waals surface area (Å²) in [5, 5.41) is 2.96. The standard InChI is InChI=1S/C12H17NO/c1-3-7-10(2)13-12(14)11-8-5-4-6-9-11/h4-6,8-10H,3,7H2,1-2H3,(H,13,14). The van der Waals surface area contributed by atoms with E-state index in [1.54, 1.807) is 0 Å². The molecule has 0 aliphatic carbocycles. The number of hydrogen-bond acceptors (Lipinski definition) is 1. The maximum Gasteiger partial charge on any atom is 0.251 e. The number of benzene rings is 1. The summed E-state index contributed by atoms with van der Waals surface area (Å²) in [6.07, 6.45) is 2.12. The van der Waals surface area contributed by atoms with E-state index in [0.717, 1.165) is 18.4 Å². The third-order valence-electron chi connectivity index (χ3n) is 2.14. The molecular weight excluding hydrogens is 174 g/mol. The molecule has 0 radical (unpaired) electrons. The molecule has 0 saturated heterocycles. The highest BCUT2D eigenvalue weighted by Crippen LogP contribution is 2.01. The van der Waals surface area contributed by atoms with Crippen LogP contribution in [-0.2, 0) is 0 Å². The van der Waals surface area contributed by atoms with E-state index in [1.165, 1.54) is 0 Å². The lowest BCUT2D eigenvalue weighted by atomic mass is 10.1. The van der Waals surface area contributed by atoms with Crippen LogP contribution in [0, 0.1) is 0 Å². The fraction of sp³-hybridized carbons (Fsp3) is 0.417. The van der Waals surface area contributed by atoms with E-state index in [-0.39, 0.29) is 11.9 Å². The van der Waals surface area contributed by atoms with E-state index in [1.807, 2.05) is 37.3 Å². The highest BCUT2D eigenvalue weighted by atomic mass is 16.1. The molecule has 76 valence electrons. The Kier molecular flexibility index (Phi) is 4.17. The summed E-state index contributed by atoms with van der Waals surface area (Å²) >= 11 is 0. The molecule has 0 saturated carbocycles. The third kappa shape index (κ3) is 3.21. The predicted octanol–water partition coefficient (Wildman–Crippen LogP) is 2.61. The second-order valence-electron chi connectivity index (χ2n) is 3.53. The van der Waals surface area contributed by atoms with Crippen LogP contribution in [0.25, 0.3) is 0 Å². The van der Waals surface area contributed by atoms with Gasteiger partial charge >= 0.3 is 0 Å². The van der Waals surface area contributed by atoms with Crippen molar-refractivity contribution in [3.05, 3.63) is 35.9 Å². The molecule has 14 heavy (non-hydrogen) atoms. The SMILES string of the molecule is CCCC(C)NC(=O)c1ccccc1. The minimum atomic E-state index is 0.0200. The molecular formula is C12H17NO. The van der Waals surface area contributed by atoms with Crippen LogP contribution in [0.2, 0.25) is 0 Å². The molecule has 1 aromatic rings. The molecule has 1 atom stereocenters. The van der Waals surface area contributed by atoms with Crippen LogP contribution in [0.15, 0.2) is 30.3 Å². The normalized spacial score (nSPS) is 12.1. The zero-order valence-electron chi connectivity index (χ0n) is 8.79. The van der Waals surface area contributed by atoms with Crippen molar-refractivity contribution < 1.29 is 4.79 Å². The summed E-state index contributed by atoms with van der Waals surface area (Å²) in [5.41, 5.74) is 0.732. The molecule has 1 aromatic carbocycles. The van der Waals surface area contributed by atoms with Gasteiger partial charge in [0.1, 0.15) is 0 Å². The second kappa shape index (κ2) is 5.43. The van der Waals surface area contributed by atoms with Crippen LogP contribution in [0.3, 0.4) is 0 Å². The maximum absolute atomic E-state index is 11.6. The number of rotatable bonds is 4. The Morgan fingerprint density at radius 2 is 2.00 bits per heavy atom. The van der Waals surface area contributed by atoms with Crippen LogP contribution in [0.5, 0.6) is 0 Å². The first-order chi connectivity index (χ1) is 6.74. The summed E-state index contributed by atoms with van der Waals surface area (Å²) < 4.78 is 0. The Morgan fingerprint density at radius 3 is 2.57 bits per heavy atom. The minimum absolute atomic E-state index is 0.0200. The molecule has 2 nitrogen and oxygen atoms in total. The smallest absolute Gasteiger partial charge is 0.251 e. The third-order valence-corrected chi connectivity index (χ3v) is 2.14. The predicted molar refractivity (Wildman–Crippen MR) is 58.3 cm³/mol. The molecule has 1 amide bonds. The van der Waals surface area contributed by atoms with Gasteiger partial charge in [0.15, 0.2) is 0 Å². The van der Waals surface area contributed by atoms with E-state index >= 15 is 0 Å². The van der Waals surface area contributed by atoms with E-state index in [2.05, 4.69) is 12.2 Å². The highest BCUT2D eigenvalue weighted by molar-refractivity contribution is 5.94. The number of carbonyl (C=O) groups excluding carboxylic acids is 1. The van der Waals surface area contributed by atoms with Gasteiger partial charge in [-0.25, -0.2) is 0 Å². The summed E-state index contributed by atoms with van der Waals surface area (Å²) in [6.45, 7) is 4.15. The van der Waals surface area contributed by atoms with Gasteiger partial charge in [-0.1, -0.05) is 31.5 Å². The van der Waals surface area contributed by atoms with E-state index in [4.69, 9.17) is 0 Å². The van der Waals surface area contributed by atoms with Gasteiger partial charge in [0.25, 0.3) is 5.91 Å². The molecule has 0 heterocycles. The zero-order valence-corrected chi connectivity index (χ0v) is 8.79. The summed E-state index contributed by atoms with van der Waals surface area (Å²) in [6, 6.07) is 9.57. The van der Waals surface area contributed by atoms with Crippen molar-refractivity contribution in [2.45, 2.75) is 32.7 Å². The Hall–Kier alpha value is -1.31. The fourth-order valence-electron chi connectivity index (χ4n) is 1.40. The first kappa shape index (κ1) is 10.8. The lowest BCUT2D eigenvalue weighted by molar-refractivity contribution is 0.0938. The number of amides is 1. The number of nitrogens with one attached hydrogen (secondary N) is 1. The summed E-state index contributed by atoms with van der Waals surface area (Å²) in [7, 11) is 0. The molecule has 0 bridgehead atoms. The first-order valence-corrected chi connectivity index (χ1v) is 5.10. The fourth-order valence-corrected chi connectivity index (χ4v) is 1.40. The Morgan fingerprint density at radius 1 is 1.36 bits per heavy atom. The van der Waals surface area contributed by atoms with Gasteiger partial charge in [0.2, 0.25) is 0 Å². The second-order valence-corrected chi connectivity index (χ2v) is 3.53. The van der Waals surface area contributed by atoms with Crippen LogP contribution in [-0.4, -0.2) is 11.9 Å². The molecule has 2 heteroatoms. The van der Waals surface area contributed by atoms with Crippen molar-refractivity contribution in [3.63, 3.8) is 0 Å². The van der Waals surface area contributed by atoms with Gasteiger partial charge < -0.3 is 5.32 Å². The number of carbonyl (C=O) groups is 1. The summed E-state index contributed by atoms with van der Waals surface area (Å²) in [5.74, 6) is 0.0200. The van der Waals surface area contributed by atoms with Gasteiger partial charge in [-0.05, 0) is 25.5 Å². The largest absolute Gasteiger partial charge is 0.350 e. The molecule has 0 aromatic heterocycles. The lowest BCUT2D eigenvalue weighted by Crippen LogP contribution is -2.32. The van der Waals surface area contributed by atoms with Crippen molar-refractivity contribution in [1.82, 2.24) is 5.32 Å². The highest BCUT2D eigenvalue weighted by Gasteiger charge is 2.07. The topological polar surface area (TPSA) is 29.1 Å². The van der Waals surface area contributed by atoms with E-state index < -0.39 is 0 Å². The van der Waals surface area contributed by atoms with Gasteiger partial charge in [-0.3, -0.25) is 4.79 Å². The molecule has 0 fully saturated rings. The van der Waals surface area contributed by atoms with Crippen molar-refractivity contribution in [1.29, 1.82) is 0 Å². The van der Waals surface area contributed by atoms with Crippen molar-refractivity contribution in [3.8, 4) is 0 Å². The molecule has 0 spiro atoms. The van der Waals surface area contributed by atoms with Gasteiger partial charge in [-0.2, -0.15) is 0 Å². The monoisotopic (exact) mass is 191 g/mol. The Balaban J connectivity index is 2.51. The molecule has 0 aliphatic rings. The molecule has 1 rings (SSSR count). The first-order valence-electron chi connectivity index (χ1n) is 5.10. The lowest BCUT2D eigenvalue weighted by Gasteiger charge is -2.12. The minimum Gasteiger partial charge on any atom is -0.350 e. The van der Waals surface area contributed by atoms with Crippen molar-refractivity contribution >= 4 is 5.91 Å². The van der Waals surface area contributed by atoms with E-state index in [0.29, 0.717) is 0 Å². The Labute approximate surface area is 85.3 Å². The summed E-state index contributed by atoms with van der Waals surface area (Å²) in [4.78, 5) is 11.6. The molecule has 1 N–H and O–H groups in total. The van der Waals surface area contributed by atoms with Gasteiger partial charge in [0, 0.05) is 11.6 Å². The van der Waals surface area contributed by atoms with Crippen LogP contribution >= 0.6 is 0 Å². The Bertz CT molecular complexity index is 282. The van der Waals surface area contributed by atoms with Gasteiger partial charge in [-0.15, -0.1) is 0 Å². The maximum atomic E-state index is 11.6. The van der Waals surface area contributed by atoms with Crippen molar-refractivity contribution in [2.75, 3.05) is 0 Å².